The molecule has 0 aliphatic carbocycles. The molecule has 0 spiro atoms. The third-order valence-electron chi connectivity index (χ3n) is 1.57. The maximum absolute atomic E-state index is 12.2. The van der Waals surface area contributed by atoms with Crippen LogP contribution < -0.4 is 0 Å². The maximum atomic E-state index is 12.2. The first-order valence-electron chi connectivity index (χ1n) is 3.22. The normalized spacial score (nSPS) is 11.4. The first-order valence-corrected chi connectivity index (χ1v) is 3.22. The van der Waals surface area contributed by atoms with Gasteiger partial charge < -0.3 is 15.3 Å². The second-order valence-electron chi connectivity index (χ2n) is 2.45. The summed E-state index contributed by atoms with van der Waals surface area (Å²) in [6.07, 6.45) is -5.47. The summed E-state index contributed by atoms with van der Waals surface area (Å²) < 4.78 is 24.4. The van der Waals surface area contributed by atoms with E-state index in [4.69, 9.17) is 15.3 Å². The average molecular weight is 212 g/mol. The fourth-order valence-electron chi connectivity index (χ4n) is 0.745. The molecule has 0 radical (unpaired) electrons. The Morgan fingerprint density at radius 1 is 1.07 bits per heavy atom. The van der Waals surface area contributed by atoms with Crippen molar-refractivity contribution in [3.63, 3.8) is 0 Å². The van der Waals surface area contributed by atoms with Gasteiger partial charge >= 0.3 is 17.9 Å². The third kappa shape index (κ3) is 1.95. The van der Waals surface area contributed by atoms with Gasteiger partial charge in [0.1, 0.15) is 0 Å². The van der Waals surface area contributed by atoms with Crippen LogP contribution in [0.25, 0.3) is 0 Å². The van der Waals surface area contributed by atoms with E-state index in [0.717, 1.165) is 0 Å². The highest BCUT2D eigenvalue weighted by molar-refractivity contribution is 6.01. The van der Waals surface area contributed by atoms with Crippen LogP contribution in [0.1, 0.15) is 6.42 Å². The summed E-state index contributed by atoms with van der Waals surface area (Å²) in [6, 6.07) is 0. The van der Waals surface area contributed by atoms with Gasteiger partial charge in [0.15, 0.2) is 0 Å². The van der Waals surface area contributed by atoms with E-state index in [0.29, 0.717) is 0 Å². The first kappa shape index (κ1) is 12.3. The van der Waals surface area contributed by atoms with Gasteiger partial charge in [0.2, 0.25) is 5.41 Å². The molecular formula is C6H6F2O6. The van der Waals surface area contributed by atoms with Gasteiger partial charge in [-0.1, -0.05) is 0 Å². The molecule has 0 saturated heterocycles. The third-order valence-corrected chi connectivity index (χ3v) is 1.57. The van der Waals surface area contributed by atoms with Gasteiger partial charge in [-0.05, 0) is 0 Å². The van der Waals surface area contributed by atoms with E-state index in [2.05, 4.69) is 0 Å². The molecule has 0 atom stereocenters. The molecule has 80 valence electrons. The van der Waals surface area contributed by atoms with Crippen molar-refractivity contribution in [2.24, 2.45) is 5.41 Å². The predicted molar refractivity (Wildman–Crippen MR) is 36.0 cm³/mol. The van der Waals surface area contributed by atoms with Crippen molar-refractivity contribution in [2.45, 2.75) is 12.8 Å². The molecule has 0 rings (SSSR count). The van der Waals surface area contributed by atoms with Crippen molar-refractivity contribution in [1.29, 1.82) is 0 Å². The Morgan fingerprint density at radius 3 is 1.50 bits per heavy atom. The Labute approximate surface area is 75.8 Å². The largest absolute Gasteiger partial charge is 0.481 e. The molecule has 0 bridgehead atoms. The van der Waals surface area contributed by atoms with Crippen LogP contribution >= 0.6 is 0 Å². The number of carboxylic acids is 3. The molecule has 8 heteroatoms. The van der Waals surface area contributed by atoms with E-state index < -0.39 is 36.2 Å². The standard InChI is InChI=1S/C6H6F2O6/c7-3(8)6(4(11)12,5(13)14)1-2(9)10/h3H,1H2,(H,9,10)(H,11,12)(H,13,14). The molecule has 14 heavy (non-hydrogen) atoms. The number of halogens is 2. The van der Waals surface area contributed by atoms with E-state index in [-0.39, 0.29) is 0 Å². The number of alkyl halides is 2. The zero-order valence-corrected chi connectivity index (χ0v) is 6.61. The van der Waals surface area contributed by atoms with Gasteiger partial charge in [0, 0.05) is 0 Å². The van der Waals surface area contributed by atoms with Gasteiger partial charge in [-0.15, -0.1) is 0 Å². The van der Waals surface area contributed by atoms with Gasteiger partial charge in [-0.25, -0.2) is 8.78 Å². The van der Waals surface area contributed by atoms with E-state index in [1.807, 2.05) is 0 Å². The van der Waals surface area contributed by atoms with Crippen LogP contribution in [-0.4, -0.2) is 39.7 Å². The summed E-state index contributed by atoms with van der Waals surface area (Å²) in [5, 5.41) is 24.7. The number of hydrogen-bond donors (Lipinski definition) is 3. The van der Waals surface area contributed by atoms with Crippen molar-refractivity contribution in [1.82, 2.24) is 0 Å². The van der Waals surface area contributed by atoms with E-state index in [9.17, 15) is 23.2 Å². The molecule has 0 amide bonds. The molecule has 0 heterocycles. The van der Waals surface area contributed by atoms with Crippen LogP contribution in [0.2, 0.25) is 0 Å². The molecule has 0 aromatic rings. The van der Waals surface area contributed by atoms with Crippen molar-refractivity contribution >= 4 is 17.9 Å². The minimum absolute atomic E-state index is 1.67. The van der Waals surface area contributed by atoms with Crippen molar-refractivity contribution in [3.05, 3.63) is 0 Å². The average Bonchev–Trinajstić information content (AvgIpc) is 1.97. The minimum Gasteiger partial charge on any atom is -0.481 e. The summed E-state index contributed by atoms with van der Waals surface area (Å²) in [5.74, 6) is -6.67. The molecule has 0 saturated carbocycles. The lowest BCUT2D eigenvalue weighted by Crippen LogP contribution is -2.47. The quantitative estimate of drug-likeness (QED) is 0.547. The smallest absolute Gasteiger partial charge is 0.327 e. The number of carbonyl (C=O) groups is 3. The van der Waals surface area contributed by atoms with E-state index in [1.165, 1.54) is 0 Å². The van der Waals surface area contributed by atoms with Crippen molar-refractivity contribution in [3.8, 4) is 0 Å². The number of rotatable bonds is 5. The van der Waals surface area contributed by atoms with E-state index in [1.54, 1.807) is 0 Å². The highest BCUT2D eigenvalue weighted by atomic mass is 19.3. The Bertz CT molecular complexity index is 259. The molecule has 0 aliphatic heterocycles. The van der Waals surface area contributed by atoms with Gasteiger partial charge in [-0.3, -0.25) is 14.4 Å². The van der Waals surface area contributed by atoms with Crippen LogP contribution in [0.4, 0.5) is 8.78 Å². The monoisotopic (exact) mass is 212 g/mol. The Kier molecular flexibility index (Phi) is 3.49. The number of hydrogen-bond acceptors (Lipinski definition) is 3. The van der Waals surface area contributed by atoms with Gasteiger partial charge in [-0.2, -0.15) is 0 Å². The Balaban J connectivity index is 5.27. The predicted octanol–water partition coefficient (Wildman–Crippen LogP) is -0.118. The SMILES string of the molecule is O=C(O)CC(C(=O)O)(C(=O)O)C(F)F. The highest BCUT2D eigenvalue weighted by Crippen LogP contribution is 2.31. The Hall–Kier alpha value is -1.73. The Morgan fingerprint density at radius 2 is 1.43 bits per heavy atom. The van der Waals surface area contributed by atoms with Crippen LogP contribution in [0.15, 0.2) is 0 Å². The zero-order chi connectivity index (χ0) is 11.5. The van der Waals surface area contributed by atoms with Crippen molar-refractivity contribution in [2.75, 3.05) is 0 Å². The first-order chi connectivity index (χ1) is 6.25. The molecular weight excluding hydrogens is 206 g/mol. The number of carboxylic acid groups (broad SMARTS) is 3. The molecule has 3 N–H and O–H groups in total. The lowest BCUT2D eigenvalue weighted by molar-refractivity contribution is -0.181. The number of aliphatic carboxylic acids is 3. The molecule has 0 fully saturated rings. The second-order valence-corrected chi connectivity index (χ2v) is 2.45. The second kappa shape index (κ2) is 3.99. The minimum atomic E-state index is -3.80. The van der Waals surface area contributed by atoms with Crippen molar-refractivity contribution < 1.29 is 38.5 Å². The van der Waals surface area contributed by atoms with Gasteiger partial charge in [0.25, 0.3) is 6.43 Å². The lowest BCUT2D eigenvalue weighted by atomic mass is 9.85. The van der Waals surface area contributed by atoms with Crippen LogP contribution in [0.3, 0.4) is 0 Å². The summed E-state index contributed by atoms with van der Waals surface area (Å²) in [6.45, 7) is 0. The van der Waals surface area contributed by atoms with Crippen LogP contribution in [0.5, 0.6) is 0 Å². The topological polar surface area (TPSA) is 112 Å². The van der Waals surface area contributed by atoms with Gasteiger partial charge in [0.05, 0.1) is 6.42 Å². The summed E-state index contributed by atoms with van der Waals surface area (Å²) in [4.78, 5) is 30.7. The summed E-state index contributed by atoms with van der Waals surface area (Å²) in [7, 11) is 0. The molecule has 6 nitrogen and oxygen atoms in total. The van der Waals surface area contributed by atoms with Crippen LogP contribution in [-0.2, 0) is 14.4 Å². The highest BCUT2D eigenvalue weighted by Gasteiger charge is 2.56. The summed E-state index contributed by atoms with van der Waals surface area (Å²) >= 11 is 0. The molecule has 0 aromatic heterocycles. The lowest BCUT2D eigenvalue weighted by Gasteiger charge is -2.21. The molecule has 0 aliphatic rings. The maximum Gasteiger partial charge on any atom is 0.327 e. The summed E-state index contributed by atoms with van der Waals surface area (Å²) in [5.41, 5.74) is -3.58. The van der Waals surface area contributed by atoms with Crippen LogP contribution in [0, 0.1) is 5.41 Å². The fraction of sp³-hybridized carbons (Fsp3) is 0.500. The van der Waals surface area contributed by atoms with E-state index >= 15 is 0 Å². The molecule has 0 aromatic carbocycles. The molecule has 0 unspecified atom stereocenters. The fourth-order valence-corrected chi connectivity index (χ4v) is 0.745. The zero-order valence-electron chi connectivity index (χ0n) is 6.61.